The van der Waals surface area contributed by atoms with Crippen LogP contribution in [0.1, 0.15) is 15.9 Å². The molecule has 2 aromatic carbocycles. The van der Waals surface area contributed by atoms with Crippen LogP contribution in [0.4, 0.5) is 18.9 Å². The van der Waals surface area contributed by atoms with Gasteiger partial charge in [-0.05, 0) is 48.2 Å². The van der Waals surface area contributed by atoms with Crippen LogP contribution in [0, 0.1) is 0 Å². The summed E-state index contributed by atoms with van der Waals surface area (Å²) in [6.07, 6.45) is -4.44. The first-order chi connectivity index (χ1) is 14.3. The van der Waals surface area contributed by atoms with Crippen LogP contribution in [0.25, 0.3) is 0 Å². The molecule has 3 aromatic rings. The van der Waals surface area contributed by atoms with Crippen LogP contribution < -0.4 is 14.8 Å². The Hall–Kier alpha value is -3.27. The fourth-order valence-electron chi connectivity index (χ4n) is 2.42. The lowest BCUT2D eigenvalue weighted by molar-refractivity contribution is -0.137. The molecular weight excluding hydrogens is 419 g/mol. The monoisotopic (exact) mass is 435 g/mol. The number of amides is 1. The summed E-state index contributed by atoms with van der Waals surface area (Å²) < 4.78 is 48.3. The number of halogens is 3. The number of benzene rings is 2. The molecule has 0 saturated heterocycles. The van der Waals surface area contributed by atoms with Crippen LogP contribution in [0.3, 0.4) is 0 Å². The third-order valence-electron chi connectivity index (χ3n) is 3.88. The van der Waals surface area contributed by atoms with Crippen LogP contribution in [0.15, 0.2) is 64.6 Å². The zero-order chi connectivity index (χ0) is 21.7. The van der Waals surface area contributed by atoms with Crippen LogP contribution in [0.2, 0.25) is 0 Å². The molecule has 0 aliphatic heterocycles. The van der Waals surface area contributed by atoms with Gasteiger partial charge in [-0.15, -0.1) is 0 Å². The first kappa shape index (κ1) is 21.4. The van der Waals surface area contributed by atoms with Crippen molar-refractivity contribution in [1.82, 2.24) is 9.97 Å². The van der Waals surface area contributed by atoms with Gasteiger partial charge in [-0.2, -0.15) is 23.1 Å². The number of rotatable bonds is 6. The van der Waals surface area contributed by atoms with Gasteiger partial charge in [-0.3, -0.25) is 4.79 Å². The van der Waals surface area contributed by atoms with Crippen molar-refractivity contribution in [3.05, 3.63) is 65.7 Å². The van der Waals surface area contributed by atoms with Gasteiger partial charge in [0.05, 0.1) is 31.4 Å². The van der Waals surface area contributed by atoms with E-state index in [1.807, 2.05) is 0 Å². The molecule has 3 rings (SSSR count). The number of anilines is 1. The standard InChI is InChI=1S/C20H16F3N3O3S/c1-28-16-11-17(29-2)26-19(25-16)30-15-6-4-3-5-14(15)18(27)24-13-9-7-12(8-10-13)20(21,22)23/h3-11H,1-2H3,(H,24,27). The molecule has 1 heterocycles. The zero-order valence-electron chi connectivity index (χ0n) is 15.9. The number of ether oxygens (including phenoxy) is 2. The largest absolute Gasteiger partial charge is 0.481 e. The molecule has 0 aliphatic carbocycles. The quantitative estimate of drug-likeness (QED) is 0.555. The second kappa shape index (κ2) is 9.04. The summed E-state index contributed by atoms with van der Waals surface area (Å²) in [5.74, 6) is 0.125. The average molecular weight is 435 g/mol. The number of methoxy groups -OCH3 is 2. The van der Waals surface area contributed by atoms with Gasteiger partial charge in [0, 0.05) is 10.6 Å². The fourth-order valence-corrected chi connectivity index (χ4v) is 3.31. The number of carbonyl (C=O) groups is 1. The summed E-state index contributed by atoms with van der Waals surface area (Å²) in [6, 6.07) is 12.5. The topological polar surface area (TPSA) is 73.3 Å². The molecular formula is C20H16F3N3O3S. The first-order valence-corrected chi connectivity index (χ1v) is 9.34. The van der Waals surface area contributed by atoms with Gasteiger partial charge >= 0.3 is 6.18 Å². The van der Waals surface area contributed by atoms with Crippen LogP contribution in [-0.4, -0.2) is 30.1 Å². The summed E-state index contributed by atoms with van der Waals surface area (Å²) >= 11 is 1.13. The third kappa shape index (κ3) is 5.20. The maximum atomic E-state index is 12.7. The highest BCUT2D eigenvalue weighted by atomic mass is 32.2. The Morgan fingerprint density at radius 2 is 1.57 bits per heavy atom. The molecule has 1 aromatic heterocycles. The zero-order valence-corrected chi connectivity index (χ0v) is 16.7. The molecule has 0 aliphatic rings. The number of hydrogen-bond acceptors (Lipinski definition) is 6. The lowest BCUT2D eigenvalue weighted by Gasteiger charge is -2.11. The smallest absolute Gasteiger partial charge is 0.416 e. The van der Waals surface area contributed by atoms with Gasteiger partial charge in [-0.1, -0.05) is 12.1 Å². The summed E-state index contributed by atoms with van der Waals surface area (Å²) in [6.45, 7) is 0. The lowest BCUT2D eigenvalue weighted by atomic mass is 10.1. The maximum absolute atomic E-state index is 12.7. The van der Waals surface area contributed by atoms with E-state index in [-0.39, 0.29) is 5.69 Å². The van der Waals surface area contributed by atoms with E-state index in [4.69, 9.17) is 9.47 Å². The summed E-state index contributed by atoms with van der Waals surface area (Å²) in [5, 5.41) is 2.90. The van der Waals surface area contributed by atoms with Gasteiger partial charge in [0.25, 0.3) is 5.91 Å². The Kier molecular flexibility index (Phi) is 6.46. The van der Waals surface area contributed by atoms with Crippen molar-refractivity contribution in [1.29, 1.82) is 0 Å². The Bertz CT molecular complexity index is 1020. The van der Waals surface area contributed by atoms with Crippen molar-refractivity contribution in [3.8, 4) is 11.8 Å². The third-order valence-corrected chi connectivity index (χ3v) is 4.82. The molecule has 30 heavy (non-hydrogen) atoms. The van der Waals surface area contributed by atoms with E-state index in [1.165, 1.54) is 32.4 Å². The van der Waals surface area contributed by atoms with E-state index in [9.17, 15) is 18.0 Å². The Balaban J connectivity index is 1.82. The predicted molar refractivity (Wildman–Crippen MR) is 105 cm³/mol. The maximum Gasteiger partial charge on any atom is 0.416 e. The molecule has 0 spiro atoms. The molecule has 1 N–H and O–H groups in total. The van der Waals surface area contributed by atoms with Crippen LogP contribution in [0.5, 0.6) is 11.8 Å². The fraction of sp³-hybridized carbons (Fsp3) is 0.150. The number of alkyl halides is 3. The first-order valence-electron chi connectivity index (χ1n) is 8.52. The molecule has 0 fully saturated rings. The average Bonchev–Trinajstić information content (AvgIpc) is 2.73. The van der Waals surface area contributed by atoms with E-state index in [0.29, 0.717) is 27.4 Å². The summed E-state index contributed by atoms with van der Waals surface area (Å²) in [4.78, 5) is 21.7. The van der Waals surface area contributed by atoms with Gasteiger partial charge in [0.1, 0.15) is 0 Å². The minimum Gasteiger partial charge on any atom is -0.481 e. The van der Waals surface area contributed by atoms with E-state index in [0.717, 1.165) is 23.9 Å². The van der Waals surface area contributed by atoms with Gasteiger partial charge in [0.15, 0.2) is 5.16 Å². The second-order valence-corrected chi connectivity index (χ2v) is 6.87. The van der Waals surface area contributed by atoms with Crippen LogP contribution in [-0.2, 0) is 6.18 Å². The highest BCUT2D eigenvalue weighted by molar-refractivity contribution is 7.99. The molecule has 0 saturated carbocycles. The highest BCUT2D eigenvalue weighted by Gasteiger charge is 2.30. The molecule has 0 atom stereocenters. The molecule has 0 bridgehead atoms. The van der Waals surface area contributed by atoms with E-state index in [2.05, 4.69) is 15.3 Å². The van der Waals surface area contributed by atoms with E-state index >= 15 is 0 Å². The Labute approximate surface area is 174 Å². The summed E-state index contributed by atoms with van der Waals surface area (Å²) in [7, 11) is 2.92. The number of aromatic nitrogens is 2. The van der Waals surface area contributed by atoms with Gasteiger partial charge in [-0.25, -0.2) is 0 Å². The lowest BCUT2D eigenvalue weighted by Crippen LogP contribution is -2.13. The highest BCUT2D eigenvalue weighted by Crippen LogP contribution is 2.32. The van der Waals surface area contributed by atoms with Gasteiger partial charge < -0.3 is 14.8 Å². The number of carbonyl (C=O) groups excluding carboxylic acids is 1. The van der Waals surface area contributed by atoms with E-state index in [1.54, 1.807) is 24.3 Å². The Morgan fingerprint density at radius 1 is 0.967 bits per heavy atom. The molecule has 156 valence electrons. The molecule has 0 radical (unpaired) electrons. The molecule has 10 heteroatoms. The second-order valence-electron chi connectivity index (χ2n) is 5.86. The minimum absolute atomic E-state index is 0.243. The summed E-state index contributed by atoms with van der Waals surface area (Å²) in [5.41, 5.74) is -0.236. The molecule has 0 unspecified atom stereocenters. The number of nitrogens with one attached hydrogen (secondary N) is 1. The van der Waals surface area contributed by atoms with Crippen molar-refractivity contribution in [3.63, 3.8) is 0 Å². The van der Waals surface area contributed by atoms with E-state index < -0.39 is 17.6 Å². The van der Waals surface area contributed by atoms with Crippen LogP contribution >= 0.6 is 11.8 Å². The normalized spacial score (nSPS) is 11.1. The molecule has 6 nitrogen and oxygen atoms in total. The van der Waals surface area contributed by atoms with Crippen molar-refractivity contribution in [2.24, 2.45) is 0 Å². The molecule has 1 amide bonds. The Morgan fingerprint density at radius 3 is 2.13 bits per heavy atom. The SMILES string of the molecule is COc1cc(OC)nc(Sc2ccccc2C(=O)Nc2ccc(C(F)(F)F)cc2)n1. The van der Waals surface area contributed by atoms with Crippen molar-refractivity contribution in [2.45, 2.75) is 16.2 Å². The van der Waals surface area contributed by atoms with Gasteiger partial charge in [0.2, 0.25) is 11.8 Å². The van der Waals surface area contributed by atoms with Crippen molar-refractivity contribution < 1.29 is 27.4 Å². The number of nitrogens with zero attached hydrogens (tertiary/aromatic N) is 2. The van der Waals surface area contributed by atoms with Crippen molar-refractivity contribution >= 4 is 23.4 Å². The number of hydrogen-bond donors (Lipinski definition) is 1. The predicted octanol–water partition coefficient (Wildman–Crippen LogP) is 4.92. The minimum atomic E-state index is -4.44. The van der Waals surface area contributed by atoms with Crippen molar-refractivity contribution in [2.75, 3.05) is 19.5 Å².